The third-order valence-electron chi connectivity index (χ3n) is 4.26. The molecule has 1 aromatic rings. The quantitative estimate of drug-likeness (QED) is 0.892. The third kappa shape index (κ3) is 2.73. The summed E-state index contributed by atoms with van der Waals surface area (Å²) in [5.41, 5.74) is 2.46. The van der Waals surface area contributed by atoms with Gasteiger partial charge in [-0.05, 0) is 37.8 Å². The van der Waals surface area contributed by atoms with Crippen molar-refractivity contribution in [3.8, 4) is 0 Å². The molecule has 3 unspecified atom stereocenters. The summed E-state index contributed by atoms with van der Waals surface area (Å²) < 4.78 is 0. The number of carbonyl (C=O) groups is 1. The van der Waals surface area contributed by atoms with Crippen LogP contribution in [-0.2, 0) is 4.79 Å². The first-order chi connectivity index (χ1) is 9.60. The summed E-state index contributed by atoms with van der Waals surface area (Å²) in [5.74, 6) is 0.252. The smallest absolute Gasteiger partial charge is 0.241 e. The van der Waals surface area contributed by atoms with Crippen molar-refractivity contribution in [2.75, 3.05) is 0 Å². The molecule has 3 atom stereocenters. The number of amides is 1. The van der Waals surface area contributed by atoms with Gasteiger partial charge in [-0.3, -0.25) is 10.1 Å². The van der Waals surface area contributed by atoms with E-state index in [2.05, 4.69) is 56.1 Å². The normalized spacial score (nSPS) is 24.2. The lowest BCUT2D eigenvalue weighted by atomic mass is 10.0. The van der Waals surface area contributed by atoms with Gasteiger partial charge in [-0.2, -0.15) is 0 Å². The van der Waals surface area contributed by atoms with E-state index in [-0.39, 0.29) is 24.2 Å². The van der Waals surface area contributed by atoms with Gasteiger partial charge in [-0.25, -0.2) is 0 Å². The van der Waals surface area contributed by atoms with Crippen LogP contribution in [0.4, 0.5) is 0 Å². The average molecular weight is 274 g/mol. The fourth-order valence-electron chi connectivity index (χ4n) is 3.10. The number of nitrogens with zero attached hydrogens (tertiary/aromatic N) is 1. The number of rotatable bonds is 5. The molecule has 1 fully saturated rings. The van der Waals surface area contributed by atoms with Crippen LogP contribution in [0, 0.1) is 6.92 Å². The van der Waals surface area contributed by atoms with Crippen LogP contribution in [-0.4, -0.2) is 22.9 Å². The maximum atomic E-state index is 12.6. The first kappa shape index (κ1) is 15.0. The fraction of sp³-hybridized carbons (Fsp3) is 0.588. The van der Waals surface area contributed by atoms with Gasteiger partial charge in [0.25, 0.3) is 0 Å². The molecule has 0 bridgehead atoms. The molecule has 0 spiro atoms. The summed E-state index contributed by atoms with van der Waals surface area (Å²) >= 11 is 0. The molecular weight excluding hydrogens is 248 g/mol. The Hall–Kier alpha value is -1.35. The Morgan fingerprint density at radius 1 is 1.30 bits per heavy atom. The van der Waals surface area contributed by atoms with Crippen LogP contribution in [0.5, 0.6) is 0 Å². The van der Waals surface area contributed by atoms with Crippen molar-refractivity contribution >= 4 is 5.91 Å². The van der Waals surface area contributed by atoms with Crippen molar-refractivity contribution in [1.82, 2.24) is 10.2 Å². The zero-order valence-electron chi connectivity index (χ0n) is 13.0. The first-order valence-electron chi connectivity index (χ1n) is 7.73. The van der Waals surface area contributed by atoms with Crippen molar-refractivity contribution in [2.24, 2.45) is 0 Å². The lowest BCUT2D eigenvalue weighted by Gasteiger charge is -2.31. The van der Waals surface area contributed by atoms with Crippen LogP contribution in [0.15, 0.2) is 24.3 Å². The second kappa shape index (κ2) is 6.40. The predicted molar refractivity (Wildman–Crippen MR) is 82.4 cm³/mol. The molecular formula is C17H26N2O. The molecule has 1 aromatic carbocycles. The van der Waals surface area contributed by atoms with Gasteiger partial charge >= 0.3 is 0 Å². The molecule has 1 aliphatic rings. The minimum absolute atomic E-state index is 0.0233. The monoisotopic (exact) mass is 274 g/mol. The summed E-state index contributed by atoms with van der Waals surface area (Å²) in [6.45, 7) is 8.51. The number of nitrogens with one attached hydrogen (secondary N) is 1. The van der Waals surface area contributed by atoms with Gasteiger partial charge in [0.2, 0.25) is 5.91 Å². The SMILES string of the molecule is CCCC(C)N1C(=O)C(CC)NC1c1ccccc1C. The number of benzene rings is 1. The Kier molecular flexibility index (Phi) is 4.81. The molecule has 110 valence electrons. The van der Waals surface area contributed by atoms with E-state index in [1.54, 1.807) is 0 Å². The minimum Gasteiger partial charge on any atom is -0.319 e. The Morgan fingerprint density at radius 2 is 2.00 bits per heavy atom. The second-order valence-electron chi connectivity index (χ2n) is 5.77. The maximum Gasteiger partial charge on any atom is 0.241 e. The summed E-state index contributed by atoms with van der Waals surface area (Å²) in [5, 5.41) is 3.51. The van der Waals surface area contributed by atoms with Gasteiger partial charge < -0.3 is 4.90 Å². The van der Waals surface area contributed by atoms with Crippen LogP contribution in [0.3, 0.4) is 0 Å². The van der Waals surface area contributed by atoms with Crippen molar-refractivity contribution in [3.05, 3.63) is 35.4 Å². The molecule has 0 saturated carbocycles. The molecule has 3 heteroatoms. The molecule has 20 heavy (non-hydrogen) atoms. The molecule has 2 rings (SSSR count). The van der Waals surface area contributed by atoms with E-state index in [4.69, 9.17) is 0 Å². The van der Waals surface area contributed by atoms with Crippen LogP contribution in [0.25, 0.3) is 0 Å². The van der Waals surface area contributed by atoms with Crippen LogP contribution >= 0.6 is 0 Å². The highest BCUT2D eigenvalue weighted by Gasteiger charge is 2.41. The second-order valence-corrected chi connectivity index (χ2v) is 5.77. The highest BCUT2D eigenvalue weighted by molar-refractivity contribution is 5.84. The zero-order chi connectivity index (χ0) is 14.7. The topological polar surface area (TPSA) is 32.3 Å². The summed E-state index contributed by atoms with van der Waals surface area (Å²) in [7, 11) is 0. The summed E-state index contributed by atoms with van der Waals surface area (Å²) in [4.78, 5) is 14.7. The number of carbonyl (C=O) groups excluding carboxylic acids is 1. The lowest BCUT2D eigenvalue weighted by molar-refractivity contribution is -0.132. The van der Waals surface area contributed by atoms with E-state index in [1.165, 1.54) is 11.1 Å². The van der Waals surface area contributed by atoms with Gasteiger partial charge in [-0.15, -0.1) is 0 Å². The molecule has 0 aromatic heterocycles. The van der Waals surface area contributed by atoms with Gasteiger partial charge in [0.15, 0.2) is 0 Å². The zero-order valence-corrected chi connectivity index (χ0v) is 13.0. The largest absolute Gasteiger partial charge is 0.319 e. The van der Waals surface area contributed by atoms with Gasteiger partial charge in [0.05, 0.1) is 6.04 Å². The lowest BCUT2D eigenvalue weighted by Crippen LogP contribution is -2.38. The van der Waals surface area contributed by atoms with E-state index in [0.717, 1.165) is 19.3 Å². The summed E-state index contributed by atoms with van der Waals surface area (Å²) in [6.07, 6.45) is 3.01. The van der Waals surface area contributed by atoms with Gasteiger partial charge in [0, 0.05) is 6.04 Å². The van der Waals surface area contributed by atoms with Crippen molar-refractivity contribution in [3.63, 3.8) is 0 Å². The minimum atomic E-state index is -0.0427. The van der Waals surface area contributed by atoms with Crippen LogP contribution in [0.2, 0.25) is 0 Å². The highest BCUT2D eigenvalue weighted by Crippen LogP contribution is 2.31. The predicted octanol–water partition coefficient (Wildman–Crippen LogP) is 3.39. The molecule has 0 radical (unpaired) electrons. The number of hydrogen-bond donors (Lipinski definition) is 1. The van der Waals surface area contributed by atoms with Gasteiger partial charge in [-0.1, -0.05) is 44.5 Å². The molecule has 1 N–H and O–H groups in total. The van der Waals surface area contributed by atoms with Crippen molar-refractivity contribution < 1.29 is 4.79 Å². The fourth-order valence-corrected chi connectivity index (χ4v) is 3.10. The molecule has 1 heterocycles. The molecule has 3 nitrogen and oxygen atoms in total. The van der Waals surface area contributed by atoms with Crippen molar-refractivity contribution in [2.45, 2.75) is 65.2 Å². The van der Waals surface area contributed by atoms with E-state index in [0.29, 0.717) is 0 Å². The van der Waals surface area contributed by atoms with E-state index in [9.17, 15) is 4.79 Å². The first-order valence-corrected chi connectivity index (χ1v) is 7.73. The molecule has 1 aliphatic heterocycles. The Morgan fingerprint density at radius 3 is 2.60 bits per heavy atom. The number of hydrogen-bond acceptors (Lipinski definition) is 2. The molecule has 1 amide bonds. The molecule has 1 saturated heterocycles. The van der Waals surface area contributed by atoms with Crippen molar-refractivity contribution in [1.29, 1.82) is 0 Å². The van der Waals surface area contributed by atoms with Crippen LogP contribution < -0.4 is 5.32 Å². The highest BCUT2D eigenvalue weighted by atomic mass is 16.2. The van der Waals surface area contributed by atoms with Gasteiger partial charge in [0.1, 0.15) is 6.17 Å². The standard InChI is InChI=1S/C17H26N2O/c1-5-9-13(4)19-16(18-15(6-2)17(19)20)14-11-8-7-10-12(14)3/h7-8,10-11,13,15-16,18H,5-6,9H2,1-4H3. The average Bonchev–Trinajstić information content (AvgIpc) is 2.76. The molecule has 0 aliphatic carbocycles. The number of aryl methyl sites for hydroxylation is 1. The van der Waals surface area contributed by atoms with Crippen LogP contribution in [0.1, 0.15) is 57.3 Å². The Bertz CT molecular complexity index is 472. The van der Waals surface area contributed by atoms with E-state index >= 15 is 0 Å². The summed E-state index contributed by atoms with van der Waals surface area (Å²) in [6, 6.07) is 8.58. The third-order valence-corrected chi connectivity index (χ3v) is 4.26. The Balaban J connectivity index is 2.34. The van der Waals surface area contributed by atoms with E-state index in [1.807, 2.05) is 6.07 Å². The Labute approximate surface area is 122 Å². The van der Waals surface area contributed by atoms with E-state index < -0.39 is 0 Å². The maximum absolute atomic E-state index is 12.6.